The highest BCUT2D eigenvalue weighted by Gasteiger charge is 0.00500. The van der Waals surface area contributed by atoms with Crippen LogP contribution < -0.4 is 0 Å². The Bertz CT molecular complexity index is 0. The quantitative estimate of drug-likeness (QED) is 0.279. The highest BCUT2D eigenvalue weighted by atomic mass is 10.8. The Morgan fingerprint density at radius 3 is 0.167 bits per heavy atom. The van der Waals surface area contributed by atoms with E-state index in [-0.39, 0.29) is 50.5 Å². The maximum Gasteiger partial charge on any atom is 0 e. The maximum absolute atomic E-state index is 0. The molecule has 0 unspecified atom stereocenters. The van der Waals surface area contributed by atoms with Crippen molar-refractivity contribution in [3.63, 3.8) is 0 Å². The van der Waals surface area contributed by atoms with Gasteiger partial charge in [-0.25, -0.2) is 0 Å². The minimum atomic E-state index is 0. The Hall–Kier alpha value is 0.390. The minimum absolute atomic E-state index is 0. The summed E-state index contributed by atoms with van der Waals surface area (Å²) >= 11 is 0. The molecule has 0 saturated heterocycles. The first-order valence-electron chi connectivity index (χ1n) is 0. The molecule has 0 amide bonds. The van der Waals surface area contributed by atoms with Crippen molar-refractivity contribution < 1.29 is 0 Å². The second-order valence-electron chi connectivity index (χ2n) is 0. The smallest absolute Gasteiger partial charge is 0 e. The van der Waals surface area contributed by atoms with Crippen LogP contribution in [0.5, 0.6) is 0 Å². The van der Waals surface area contributed by atoms with Gasteiger partial charge in [0.15, 0.2) is 0 Å². The van der Waals surface area contributed by atoms with Crippen molar-refractivity contribution in [2.45, 2.75) is 0 Å². The predicted octanol–water partition coefficient (Wildman–Crippen LogP) is -2.28. The van der Waals surface area contributed by atoms with E-state index in [2.05, 4.69) is 0 Å². The topological polar surface area (TPSA) is 0 Å². The highest BCUT2D eigenvalue weighted by Crippen LogP contribution is -0.376. The SMILES string of the molecule is [B].[B].[B].[B].[B].[B]. The molecule has 0 nitrogen and oxygen atoms in total. The molecule has 6 heavy (non-hydrogen) atoms. The average molecular weight is 64.9 g/mol. The molecule has 0 aliphatic heterocycles. The van der Waals surface area contributed by atoms with Crippen molar-refractivity contribution in [1.29, 1.82) is 0 Å². The molecule has 0 aliphatic carbocycles. The zero-order valence-corrected chi connectivity index (χ0v) is 3.46. The molecule has 0 fully saturated rings. The van der Waals surface area contributed by atoms with Gasteiger partial charge in [0.2, 0.25) is 0 Å². The van der Waals surface area contributed by atoms with Crippen LogP contribution >= 0.6 is 0 Å². The summed E-state index contributed by atoms with van der Waals surface area (Å²) in [5, 5.41) is 0. The van der Waals surface area contributed by atoms with Crippen molar-refractivity contribution in [3.05, 3.63) is 0 Å². The van der Waals surface area contributed by atoms with Crippen LogP contribution in [0.1, 0.15) is 0 Å². The van der Waals surface area contributed by atoms with Crippen LogP contribution in [0.25, 0.3) is 0 Å². The second-order valence-corrected chi connectivity index (χ2v) is 0. The summed E-state index contributed by atoms with van der Waals surface area (Å²) in [6.45, 7) is 0. The van der Waals surface area contributed by atoms with E-state index in [1.165, 1.54) is 0 Å². The van der Waals surface area contributed by atoms with Gasteiger partial charge in [0, 0.05) is 50.5 Å². The van der Waals surface area contributed by atoms with Gasteiger partial charge >= 0.3 is 0 Å². The lowest BCUT2D eigenvalue weighted by Gasteiger charge is -0.00100. The van der Waals surface area contributed by atoms with Gasteiger partial charge in [-0.1, -0.05) is 0 Å². The molecule has 6 heteroatoms. The molecular formula is B6. The zero-order valence-electron chi connectivity index (χ0n) is 3.46. The summed E-state index contributed by atoms with van der Waals surface area (Å²) in [7, 11) is 0. The summed E-state index contributed by atoms with van der Waals surface area (Å²) < 4.78 is 0. The molecule has 0 atom stereocenters. The number of hydrogen-bond donors (Lipinski definition) is 0. The van der Waals surface area contributed by atoms with E-state index < -0.39 is 0 Å². The molecule has 0 aromatic carbocycles. The molecule has 0 N–H and O–H groups in total. The summed E-state index contributed by atoms with van der Waals surface area (Å²) in [6, 6.07) is 0. The first-order valence-corrected chi connectivity index (χ1v) is 0. The van der Waals surface area contributed by atoms with E-state index in [0.717, 1.165) is 0 Å². The molecule has 18 valence electrons. The van der Waals surface area contributed by atoms with Gasteiger partial charge in [-0.3, -0.25) is 0 Å². The van der Waals surface area contributed by atoms with E-state index in [0.29, 0.717) is 0 Å². The molecule has 0 heterocycles. The first-order chi connectivity index (χ1) is 0. The molecule has 0 rings (SSSR count). The summed E-state index contributed by atoms with van der Waals surface area (Å²) in [6.07, 6.45) is 0. The monoisotopic (exact) mass is 66.1 g/mol. The molecule has 0 bridgehead atoms. The Morgan fingerprint density at radius 1 is 0.167 bits per heavy atom. The summed E-state index contributed by atoms with van der Waals surface area (Å²) in [5.41, 5.74) is 0. The minimum Gasteiger partial charge on any atom is 0 e. The molecule has 0 aromatic heterocycles. The van der Waals surface area contributed by atoms with Crippen LogP contribution in [0.2, 0.25) is 0 Å². The van der Waals surface area contributed by atoms with E-state index in [4.69, 9.17) is 0 Å². The average Bonchev–Trinajstić information content (AvgIpc) is 0. The lowest BCUT2D eigenvalue weighted by atomic mass is 10.8. The van der Waals surface area contributed by atoms with Gasteiger partial charge in [-0.05, 0) is 0 Å². The molecular weight excluding hydrogens is 64.9 g/mol. The van der Waals surface area contributed by atoms with E-state index in [1.54, 1.807) is 0 Å². The third-order valence-electron chi connectivity index (χ3n) is 0. The lowest BCUT2D eigenvalue weighted by molar-refractivity contribution is 5.75. The third-order valence-corrected chi connectivity index (χ3v) is 0. The Balaban J connectivity index is 0. The van der Waals surface area contributed by atoms with Crippen LogP contribution in [-0.2, 0) is 0 Å². The Morgan fingerprint density at radius 2 is 0.167 bits per heavy atom. The van der Waals surface area contributed by atoms with Gasteiger partial charge in [-0.2, -0.15) is 0 Å². The molecule has 0 aromatic rings. The van der Waals surface area contributed by atoms with Crippen LogP contribution in [0, 0.1) is 0 Å². The normalized spacial score (nSPS) is 0. The van der Waals surface area contributed by atoms with Crippen molar-refractivity contribution in [3.8, 4) is 0 Å². The standard InChI is InChI=1S/6B. The van der Waals surface area contributed by atoms with Crippen LogP contribution in [0.15, 0.2) is 0 Å². The van der Waals surface area contributed by atoms with Gasteiger partial charge in [-0.15, -0.1) is 0 Å². The predicted molar refractivity (Wildman–Crippen MR) is 34.5 cm³/mol. The van der Waals surface area contributed by atoms with Crippen LogP contribution in [0.3, 0.4) is 0 Å². The van der Waals surface area contributed by atoms with E-state index in [1.807, 2.05) is 0 Å². The molecule has 18 radical (unpaired) electrons. The maximum atomic E-state index is 0. The van der Waals surface area contributed by atoms with Crippen molar-refractivity contribution in [2.75, 3.05) is 0 Å². The number of rotatable bonds is 0. The fourth-order valence-corrected chi connectivity index (χ4v) is 0. The Kier molecular flexibility index (Phi) is 139000. The summed E-state index contributed by atoms with van der Waals surface area (Å²) in [4.78, 5) is 0. The van der Waals surface area contributed by atoms with Gasteiger partial charge in [0.1, 0.15) is 0 Å². The van der Waals surface area contributed by atoms with Crippen molar-refractivity contribution in [2.24, 2.45) is 0 Å². The fourth-order valence-electron chi connectivity index (χ4n) is 0. The zero-order chi connectivity index (χ0) is 0. The summed E-state index contributed by atoms with van der Waals surface area (Å²) in [5.74, 6) is 0. The largest absolute Gasteiger partial charge is 0 e. The fraction of sp³-hybridized carbons (Fsp3) is 0. The molecule has 0 aliphatic rings. The van der Waals surface area contributed by atoms with E-state index in [9.17, 15) is 0 Å². The van der Waals surface area contributed by atoms with Crippen LogP contribution in [-0.4, -0.2) is 50.5 Å². The number of hydrogen-bond acceptors (Lipinski definition) is 0. The lowest BCUT2D eigenvalue weighted by Crippen LogP contribution is -0.382. The van der Waals surface area contributed by atoms with Crippen molar-refractivity contribution in [1.82, 2.24) is 0 Å². The first kappa shape index (κ1) is 1220. The van der Waals surface area contributed by atoms with Gasteiger partial charge < -0.3 is 0 Å². The second kappa shape index (κ2) is 684. The van der Waals surface area contributed by atoms with Crippen molar-refractivity contribution >= 4 is 50.5 Å². The third kappa shape index (κ3) is 332. The van der Waals surface area contributed by atoms with Gasteiger partial charge in [0.25, 0.3) is 0 Å². The molecule has 0 spiro atoms. The highest BCUT2D eigenvalue weighted by molar-refractivity contribution is 5.76. The van der Waals surface area contributed by atoms with Crippen LogP contribution in [0.4, 0.5) is 0 Å². The van der Waals surface area contributed by atoms with E-state index >= 15 is 0 Å². The van der Waals surface area contributed by atoms with Gasteiger partial charge in [0.05, 0.1) is 0 Å². The Labute approximate surface area is 51.3 Å². The molecule has 0 saturated carbocycles.